The SMILES string of the molecule is NCc1cc(-n2nccn2)ccc1Cl. The highest BCUT2D eigenvalue weighted by Crippen LogP contribution is 2.18. The maximum atomic E-state index is 5.93. The summed E-state index contributed by atoms with van der Waals surface area (Å²) in [4.78, 5) is 1.52. The van der Waals surface area contributed by atoms with E-state index in [1.54, 1.807) is 18.5 Å². The summed E-state index contributed by atoms with van der Waals surface area (Å²) in [6.07, 6.45) is 3.24. The van der Waals surface area contributed by atoms with Gasteiger partial charge in [0.05, 0.1) is 18.1 Å². The molecule has 0 saturated heterocycles. The molecule has 0 amide bonds. The maximum Gasteiger partial charge on any atom is 0.0860 e. The lowest BCUT2D eigenvalue weighted by atomic mass is 10.2. The predicted molar refractivity (Wildman–Crippen MR) is 54.3 cm³/mol. The summed E-state index contributed by atoms with van der Waals surface area (Å²) in [6.45, 7) is 0.411. The van der Waals surface area contributed by atoms with Crippen LogP contribution in [0.25, 0.3) is 5.69 Å². The maximum absolute atomic E-state index is 5.93. The molecule has 2 rings (SSSR count). The van der Waals surface area contributed by atoms with Crippen molar-refractivity contribution in [3.05, 3.63) is 41.2 Å². The van der Waals surface area contributed by atoms with Gasteiger partial charge in [0.1, 0.15) is 0 Å². The molecule has 1 aromatic carbocycles. The van der Waals surface area contributed by atoms with Crippen LogP contribution in [0.4, 0.5) is 0 Å². The Bertz CT molecular complexity index is 424. The van der Waals surface area contributed by atoms with Crippen LogP contribution in [0, 0.1) is 0 Å². The molecule has 72 valence electrons. The summed E-state index contributed by atoms with van der Waals surface area (Å²) in [5.41, 5.74) is 7.29. The fourth-order valence-electron chi connectivity index (χ4n) is 1.19. The molecule has 0 aliphatic heterocycles. The Kier molecular flexibility index (Phi) is 2.47. The van der Waals surface area contributed by atoms with Crippen LogP contribution in [0.3, 0.4) is 0 Å². The van der Waals surface area contributed by atoms with Crippen molar-refractivity contribution in [3.63, 3.8) is 0 Å². The van der Waals surface area contributed by atoms with E-state index in [0.29, 0.717) is 11.6 Å². The van der Waals surface area contributed by atoms with Gasteiger partial charge in [0, 0.05) is 11.6 Å². The minimum Gasteiger partial charge on any atom is -0.326 e. The quantitative estimate of drug-likeness (QED) is 0.811. The first-order valence-electron chi connectivity index (χ1n) is 4.16. The number of rotatable bonds is 2. The molecule has 2 aromatic rings. The van der Waals surface area contributed by atoms with Crippen molar-refractivity contribution >= 4 is 11.6 Å². The van der Waals surface area contributed by atoms with Crippen LogP contribution >= 0.6 is 11.6 Å². The van der Waals surface area contributed by atoms with Crippen molar-refractivity contribution in [2.24, 2.45) is 5.73 Å². The number of benzene rings is 1. The van der Waals surface area contributed by atoms with Crippen LogP contribution in [-0.4, -0.2) is 15.0 Å². The van der Waals surface area contributed by atoms with Gasteiger partial charge in [0.2, 0.25) is 0 Å². The zero-order valence-corrected chi connectivity index (χ0v) is 8.15. The van der Waals surface area contributed by atoms with Gasteiger partial charge in [-0.15, -0.1) is 0 Å². The van der Waals surface area contributed by atoms with E-state index in [1.807, 2.05) is 12.1 Å². The largest absolute Gasteiger partial charge is 0.326 e. The summed E-state index contributed by atoms with van der Waals surface area (Å²) in [5, 5.41) is 8.70. The molecule has 0 spiro atoms. The summed E-state index contributed by atoms with van der Waals surface area (Å²) in [5.74, 6) is 0. The molecule has 0 atom stereocenters. The van der Waals surface area contributed by atoms with Crippen molar-refractivity contribution in [2.45, 2.75) is 6.54 Å². The van der Waals surface area contributed by atoms with Crippen molar-refractivity contribution in [3.8, 4) is 5.69 Å². The first kappa shape index (κ1) is 9.18. The summed E-state index contributed by atoms with van der Waals surface area (Å²) >= 11 is 5.93. The minimum atomic E-state index is 0.411. The molecule has 0 fully saturated rings. The molecule has 2 N–H and O–H groups in total. The van der Waals surface area contributed by atoms with Crippen LogP contribution in [0.1, 0.15) is 5.56 Å². The molecule has 0 aliphatic rings. The van der Waals surface area contributed by atoms with Crippen molar-refractivity contribution in [2.75, 3.05) is 0 Å². The molecule has 0 aliphatic carbocycles. The fourth-order valence-corrected chi connectivity index (χ4v) is 1.39. The molecule has 0 radical (unpaired) electrons. The first-order valence-corrected chi connectivity index (χ1v) is 4.54. The third kappa shape index (κ3) is 1.62. The van der Waals surface area contributed by atoms with Crippen molar-refractivity contribution in [1.29, 1.82) is 0 Å². The average Bonchev–Trinajstić information content (AvgIpc) is 2.71. The standard InChI is InChI=1S/C9H9ClN4/c10-9-2-1-8(5-7(9)6-11)14-12-3-4-13-14/h1-5H,6,11H2. The predicted octanol–water partition coefficient (Wildman–Crippen LogP) is 1.38. The molecule has 1 heterocycles. The molecular weight excluding hydrogens is 200 g/mol. The number of hydrogen-bond donors (Lipinski definition) is 1. The molecule has 14 heavy (non-hydrogen) atoms. The Balaban J connectivity index is 2.46. The molecule has 0 unspecified atom stereocenters. The molecule has 0 bridgehead atoms. The number of nitrogens with two attached hydrogens (primary N) is 1. The van der Waals surface area contributed by atoms with Crippen LogP contribution in [-0.2, 0) is 6.54 Å². The van der Waals surface area contributed by atoms with Gasteiger partial charge in [0.15, 0.2) is 0 Å². The van der Waals surface area contributed by atoms with E-state index >= 15 is 0 Å². The Morgan fingerprint density at radius 1 is 1.29 bits per heavy atom. The highest BCUT2D eigenvalue weighted by Gasteiger charge is 2.02. The number of hydrogen-bond acceptors (Lipinski definition) is 3. The van der Waals surface area contributed by atoms with E-state index in [4.69, 9.17) is 17.3 Å². The summed E-state index contributed by atoms with van der Waals surface area (Å²) < 4.78 is 0. The Labute approximate surface area is 86.3 Å². The monoisotopic (exact) mass is 208 g/mol. The number of nitrogens with zero attached hydrogens (tertiary/aromatic N) is 3. The lowest BCUT2D eigenvalue weighted by Crippen LogP contribution is -2.02. The van der Waals surface area contributed by atoms with Crippen LogP contribution in [0.5, 0.6) is 0 Å². The Hall–Kier alpha value is -1.39. The van der Waals surface area contributed by atoms with E-state index < -0.39 is 0 Å². The molecule has 1 aromatic heterocycles. The molecule has 5 heteroatoms. The van der Waals surface area contributed by atoms with E-state index in [0.717, 1.165) is 11.3 Å². The fraction of sp³-hybridized carbons (Fsp3) is 0.111. The van der Waals surface area contributed by atoms with E-state index in [1.165, 1.54) is 4.80 Å². The smallest absolute Gasteiger partial charge is 0.0860 e. The molecular formula is C9H9ClN4. The highest BCUT2D eigenvalue weighted by molar-refractivity contribution is 6.31. The summed E-state index contributed by atoms with van der Waals surface area (Å²) in [7, 11) is 0. The van der Waals surface area contributed by atoms with Gasteiger partial charge in [-0.3, -0.25) is 0 Å². The van der Waals surface area contributed by atoms with Crippen LogP contribution < -0.4 is 5.73 Å². The van der Waals surface area contributed by atoms with Gasteiger partial charge >= 0.3 is 0 Å². The second-order valence-corrected chi connectivity index (χ2v) is 3.21. The molecule has 0 saturated carbocycles. The van der Waals surface area contributed by atoms with Crippen molar-refractivity contribution in [1.82, 2.24) is 15.0 Å². The third-order valence-corrected chi connectivity index (χ3v) is 2.27. The van der Waals surface area contributed by atoms with Crippen LogP contribution in [0.15, 0.2) is 30.6 Å². The van der Waals surface area contributed by atoms with E-state index in [9.17, 15) is 0 Å². The van der Waals surface area contributed by atoms with E-state index in [-0.39, 0.29) is 0 Å². The zero-order valence-electron chi connectivity index (χ0n) is 7.39. The van der Waals surface area contributed by atoms with Gasteiger partial charge in [-0.2, -0.15) is 15.0 Å². The highest BCUT2D eigenvalue weighted by atomic mass is 35.5. The second-order valence-electron chi connectivity index (χ2n) is 2.80. The van der Waals surface area contributed by atoms with Gasteiger partial charge in [-0.1, -0.05) is 11.6 Å². The molecule has 4 nitrogen and oxygen atoms in total. The lowest BCUT2D eigenvalue weighted by Gasteiger charge is -2.04. The van der Waals surface area contributed by atoms with Gasteiger partial charge in [0.25, 0.3) is 0 Å². The second kappa shape index (κ2) is 3.77. The third-order valence-electron chi connectivity index (χ3n) is 1.90. The van der Waals surface area contributed by atoms with Gasteiger partial charge in [-0.05, 0) is 23.8 Å². The van der Waals surface area contributed by atoms with Crippen LogP contribution in [0.2, 0.25) is 5.02 Å². The average molecular weight is 209 g/mol. The zero-order chi connectivity index (χ0) is 9.97. The Morgan fingerprint density at radius 3 is 2.64 bits per heavy atom. The lowest BCUT2D eigenvalue weighted by molar-refractivity contribution is 0.750. The van der Waals surface area contributed by atoms with Crippen molar-refractivity contribution < 1.29 is 0 Å². The Morgan fingerprint density at radius 2 is 2.00 bits per heavy atom. The number of halogens is 1. The first-order chi connectivity index (χ1) is 6.81. The number of aromatic nitrogens is 3. The normalized spacial score (nSPS) is 10.4. The van der Waals surface area contributed by atoms with Gasteiger partial charge < -0.3 is 5.73 Å². The van der Waals surface area contributed by atoms with E-state index in [2.05, 4.69) is 10.2 Å². The summed E-state index contributed by atoms with van der Waals surface area (Å²) in [6, 6.07) is 5.52. The minimum absolute atomic E-state index is 0.411. The van der Waals surface area contributed by atoms with Gasteiger partial charge in [-0.25, -0.2) is 0 Å². The topological polar surface area (TPSA) is 56.7 Å².